The van der Waals surface area contributed by atoms with Crippen molar-refractivity contribution < 1.29 is 14.6 Å². The number of hydrogen-bond donors (Lipinski definition) is 1. The zero-order chi connectivity index (χ0) is 13.2. The molecule has 0 radical (unpaired) electrons. The van der Waals surface area contributed by atoms with E-state index in [-0.39, 0.29) is 11.7 Å². The second-order valence-electron chi connectivity index (χ2n) is 4.33. The van der Waals surface area contributed by atoms with Crippen LogP contribution in [0, 0.1) is 0 Å². The highest BCUT2D eigenvalue weighted by Gasteiger charge is 2.21. The molecule has 1 N–H and O–H groups in total. The minimum absolute atomic E-state index is 0.275. The Labute approximate surface area is 110 Å². The van der Waals surface area contributed by atoms with Crippen LogP contribution in [0.3, 0.4) is 0 Å². The summed E-state index contributed by atoms with van der Waals surface area (Å²) in [6.45, 7) is 0. The summed E-state index contributed by atoms with van der Waals surface area (Å²) in [6.07, 6.45) is 3.48. The maximum absolute atomic E-state index is 11.2. The molecule has 2 aromatic carbocycles. The van der Waals surface area contributed by atoms with Crippen LogP contribution in [0.4, 0.5) is 0 Å². The number of para-hydroxylation sites is 1. The van der Waals surface area contributed by atoms with Crippen molar-refractivity contribution in [2.24, 2.45) is 0 Å². The second kappa shape index (κ2) is 4.61. The summed E-state index contributed by atoms with van der Waals surface area (Å²) in [6, 6.07) is 14.6. The van der Waals surface area contributed by atoms with E-state index in [2.05, 4.69) is 0 Å². The Bertz CT molecular complexity index is 659. The summed E-state index contributed by atoms with van der Waals surface area (Å²) in [4.78, 5) is 11.2. The molecular formula is C16H12O3. The first-order valence-corrected chi connectivity index (χ1v) is 6.02. The van der Waals surface area contributed by atoms with Gasteiger partial charge in [0.15, 0.2) is 0 Å². The van der Waals surface area contributed by atoms with Gasteiger partial charge < -0.3 is 9.84 Å². The Morgan fingerprint density at radius 1 is 1.05 bits per heavy atom. The molecule has 0 spiro atoms. The zero-order valence-corrected chi connectivity index (χ0v) is 10.1. The average molecular weight is 252 g/mol. The summed E-state index contributed by atoms with van der Waals surface area (Å²) in [5, 5.41) is 9.21. The van der Waals surface area contributed by atoms with Crippen LogP contribution in [0.15, 0.2) is 54.6 Å². The lowest BCUT2D eigenvalue weighted by Gasteiger charge is -2.22. The minimum Gasteiger partial charge on any atom is -0.481 e. The van der Waals surface area contributed by atoms with Crippen molar-refractivity contribution in [2.75, 3.05) is 0 Å². The lowest BCUT2D eigenvalue weighted by molar-refractivity contribution is 0.0692. The van der Waals surface area contributed by atoms with E-state index in [1.165, 1.54) is 0 Å². The molecule has 3 rings (SSSR count). The van der Waals surface area contributed by atoms with Crippen LogP contribution in [-0.2, 0) is 0 Å². The van der Waals surface area contributed by atoms with Gasteiger partial charge in [-0.3, -0.25) is 0 Å². The molecule has 1 unspecified atom stereocenters. The van der Waals surface area contributed by atoms with Gasteiger partial charge in [0.2, 0.25) is 0 Å². The molecular weight excluding hydrogens is 240 g/mol. The van der Waals surface area contributed by atoms with Crippen LogP contribution in [0.5, 0.6) is 5.75 Å². The van der Waals surface area contributed by atoms with Crippen molar-refractivity contribution in [3.8, 4) is 5.75 Å². The van der Waals surface area contributed by atoms with Gasteiger partial charge in [0, 0.05) is 11.1 Å². The number of ether oxygens (including phenoxy) is 1. The number of carboxylic acids is 1. The van der Waals surface area contributed by atoms with Gasteiger partial charge in [0.05, 0.1) is 5.56 Å². The molecule has 3 heteroatoms. The molecule has 94 valence electrons. The second-order valence-corrected chi connectivity index (χ2v) is 4.33. The Morgan fingerprint density at radius 3 is 2.63 bits per heavy atom. The van der Waals surface area contributed by atoms with Crippen LogP contribution < -0.4 is 4.74 Å². The number of aromatic carboxylic acids is 1. The maximum Gasteiger partial charge on any atom is 0.336 e. The molecule has 0 aliphatic carbocycles. The van der Waals surface area contributed by atoms with Crippen LogP contribution in [0.1, 0.15) is 27.6 Å². The van der Waals surface area contributed by atoms with Gasteiger partial charge in [-0.25, -0.2) is 4.79 Å². The average Bonchev–Trinajstić information content (AvgIpc) is 2.46. The number of benzene rings is 2. The molecule has 0 saturated carbocycles. The number of fused-ring (bicyclic) bond motifs is 1. The van der Waals surface area contributed by atoms with E-state index in [1.807, 2.05) is 42.5 Å². The fourth-order valence-corrected chi connectivity index (χ4v) is 2.20. The molecule has 0 saturated heterocycles. The zero-order valence-electron chi connectivity index (χ0n) is 10.1. The minimum atomic E-state index is -0.938. The maximum atomic E-state index is 11.2. The summed E-state index contributed by atoms with van der Waals surface area (Å²) in [5.74, 6) is -0.165. The summed E-state index contributed by atoms with van der Waals surface area (Å²) in [5.41, 5.74) is 1.95. The smallest absolute Gasteiger partial charge is 0.336 e. The van der Waals surface area contributed by atoms with Crippen molar-refractivity contribution in [2.45, 2.75) is 6.10 Å². The lowest BCUT2D eigenvalue weighted by atomic mass is 9.99. The highest BCUT2D eigenvalue weighted by molar-refractivity contribution is 5.89. The third-order valence-corrected chi connectivity index (χ3v) is 3.12. The summed E-state index contributed by atoms with van der Waals surface area (Å²) in [7, 11) is 0. The Balaban J connectivity index is 2.01. The topological polar surface area (TPSA) is 46.5 Å². The van der Waals surface area contributed by atoms with Crippen molar-refractivity contribution in [3.05, 3.63) is 71.3 Å². The first kappa shape index (κ1) is 11.5. The van der Waals surface area contributed by atoms with Gasteiger partial charge in [-0.1, -0.05) is 42.5 Å². The van der Waals surface area contributed by atoms with Crippen LogP contribution in [0.2, 0.25) is 0 Å². The van der Waals surface area contributed by atoms with Crippen molar-refractivity contribution in [1.29, 1.82) is 0 Å². The van der Waals surface area contributed by atoms with Crippen LogP contribution >= 0.6 is 0 Å². The summed E-state index contributed by atoms with van der Waals surface area (Å²) >= 11 is 0. The Morgan fingerprint density at radius 2 is 1.79 bits per heavy atom. The molecule has 0 amide bonds. The van der Waals surface area contributed by atoms with Gasteiger partial charge in [-0.05, 0) is 18.2 Å². The van der Waals surface area contributed by atoms with E-state index in [0.29, 0.717) is 5.56 Å². The van der Waals surface area contributed by atoms with Gasteiger partial charge in [-0.2, -0.15) is 0 Å². The Hall–Kier alpha value is -2.55. The standard InChI is InChI=1S/C16H12O3/c17-16(18)13-7-3-2-6-12(13)15-10-9-11-5-1-4-8-14(11)19-15/h1-10,15H,(H,17,18). The monoisotopic (exact) mass is 252 g/mol. The lowest BCUT2D eigenvalue weighted by Crippen LogP contribution is -2.13. The van der Waals surface area contributed by atoms with Crippen LogP contribution in [0.25, 0.3) is 6.08 Å². The Kier molecular flexibility index (Phi) is 2.80. The van der Waals surface area contributed by atoms with Gasteiger partial charge in [0.1, 0.15) is 11.9 Å². The number of hydrogen-bond acceptors (Lipinski definition) is 2. The van der Waals surface area contributed by atoms with E-state index in [0.717, 1.165) is 11.3 Å². The van der Waals surface area contributed by atoms with Gasteiger partial charge in [-0.15, -0.1) is 0 Å². The first-order chi connectivity index (χ1) is 9.25. The molecule has 1 heterocycles. The molecule has 1 atom stereocenters. The van der Waals surface area contributed by atoms with E-state index >= 15 is 0 Å². The predicted octanol–water partition coefficient (Wildman–Crippen LogP) is 3.53. The van der Waals surface area contributed by atoms with Crippen LogP contribution in [-0.4, -0.2) is 11.1 Å². The van der Waals surface area contributed by atoms with Crippen molar-refractivity contribution >= 4 is 12.0 Å². The predicted molar refractivity (Wildman–Crippen MR) is 72.2 cm³/mol. The highest BCUT2D eigenvalue weighted by Crippen LogP contribution is 2.33. The molecule has 19 heavy (non-hydrogen) atoms. The van der Waals surface area contributed by atoms with E-state index in [4.69, 9.17) is 4.74 Å². The van der Waals surface area contributed by atoms with Crippen molar-refractivity contribution in [3.63, 3.8) is 0 Å². The fraction of sp³-hybridized carbons (Fsp3) is 0.0625. The summed E-state index contributed by atoms with van der Waals surface area (Å²) < 4.78 is 5.86. The molecule has 3 nitrogen and oxygen atoms in total. The fourth-order valence-electron chi connectivity index (χ4n) is 2.20. The third kappa shape index (κ3) is 2.10. The van der Waals surface area contributed by atoms with E-state index < -0.39 is 5.97 Å². The first-order valence-electron chi connectivity index (χ1n) is 6.02. The largest absolute Gasteiger partial charge is 0.481 e. The van der Waals surface area contributed by atoms with E-state index in [9.17, 15) is 9.90 Å². The third-order valence-electron chi connectivity index (χ3n) is 3.12. The molecule has 0 aromatic heterocycles. The van der Waals surface area contributed by atoms with Gasteiger partial charge >= 0.3 is 5.97 Å². The highest BCUT2D eigenvalue weighted by atomic mass is 16.5. The SMILES string of the molecule is O=C(O)c1ccccc1C1C=Cc2ccccc2O1. The molecule has 2 aromatic rings. The molecule has 0 fully saturated rings. The molecule has 1 aliphatic rings. The number of rotatable bonds is 2. The van der Waals surface area contributed by atoms with Gasteiger partial charge in [0.25, 0.3) is 0 Å². The number of carbonyl (C=O) groups is 1. The quantitative estimate of drug-likeness (QED) is 0.889. The van der Waals surface area contributed by atoms with E-state index in [1.54, 1.807) is 18.2 Å². The molecule has 0 bridgehead atoms. The number of carboxylic acid groups (broad SMARTS) is 1. The molecule has 1 aliphatic heterocycles. The normalized spacial score (nSPS) is 16.5. The van der Waals surface area contributed by atoms with Crippen molar-refractivity contribution in [1.82, 2.24) is 0 Å².